The van der Waals surface area contributed by atoms with Crippen LogP contribution in [0.25, 0.3) is 11.0 Å². The molecule has 0 spiro atoms. The summed E-state index contributed by atoms with van der Waals surface area (Å²) in [5.41, 5.74) is 5.46. The summed E-state index contributed by atoms with van der Waals surface area (Å²) in [6, 6.07) is 6.19. The first-order valence-corrected chi connectivity index (χ1v) is 9.99. The van der Waals surface area contributed by atoms with Crippen molar-refractivity contribution >= 4 is 17.1 Å². The van der Waals surface area contributed by atoms with Gasteiger partial charge in [0.05, 0.1) is 23.1 Å². The average molecular weight is 380 g/mol. The third-order valence-corrected chi connectivity index (χ3v) is 5.80. The van der Waals surface area contributed by atoms with Crippen LogP contribution in [0.1, 0.15) is 41.5 Å². The maximum atomic E-state index is 12.6. The van der Waals surface area contributed by atoms with Crippen molar-refractivity contribution in [2.45, 2.75) is 46.1 Å². The van der Waals surface area contributed by atoms with E-state index in [2.05, 4.69) is 45.8 Å². The molecule has 2 amide bonds. The van der Waals surface area contributed by atoms with Crippen LogP contribution in [0.5, 0.6) is 0 Å². The molecule has 1 fully saturated rings. The van der Waals surface area contributed by atoms with Crippen LogP contribution in [0.2, 0.25) is 0 Å². The fourth-order valence-corrected chi connectivity index (χ4v) is 3.94. The Labute approximate surface area is 165 Å². The van der Waals surface area contributed by atoms with Crippen LogP contribution in [0, 0.1) is 20.8 Å². The molecule has 148 valence electrons. The summed E-state index contributed by atoms with van der Waals surface area (Å²) in [7, 11) is 0. The number of imidazole rings is 2. The Kier molecular flexibility index (Phi) is 5.07. The molecule has 7 heteroatoms. The largest absolute Gasteiger partial charge is 0.342 e. The van der Waals surface area contributed by atoms with Crippen molar-refractivity contribution in [3.8, 4) is 0 Å². The summed E-state index contributed by atoms with van der Waals surface area (Å²) >= 11 is 0. The number of aryl methyl sites for hydroxylation is 2. The van der Waals surface area contributed by atoms with Gasteiger partial charge in [-0.15, -0.1) is 0 Å². The van der Waals surface area contributed by atoms with Crippen LogP contribution in [-0.2, 0) is 6.54 Å². The molecule has 0 bridgehead atoms. The standard InChI is InChI=1S/C21H28N6O/c1-14-6-4-8-18-19(14)25-20(24-18)17-7-5-10-26(12-17)21(28)22-9-11-27-13-23-15(2)16(27)3/h4,6,8,13,17H,5,7,9-12H2,1-3H3,(H,22,28)(H,24,25). The molecular formula is C21H28N6O. The molecule has 4 rings (SSSR count). The van der Waals surface area contributed by atoms with Crippen LogP contribution in [-0.4, -0.2) is 50.1 Å². The molecule has 0 radical (unpaired) electrons. The molecule has 1 aliphatic rings. The zero-order valence-corrected chi connectivity index (χ0v) is 16.8. The van der Waals surface area contributed by atoms with Gasteiger partial charge in [-0.05, 0) is 45.2 Å². The number of aromatic nitrogens is 4. The fraction of sp³-hybridized carbons (Fsp3) is 0.476. The lowest BCUT2D eigenvalue weighted by Crippen LogP contribution is -2.45. The van der Waals surface area contributed by atoms with E-state index in [0.29, 0.717) is 13.1 Å². The van der Waals surface area contributed by atoms with Crippen molar-refractivity contribution < 1.29 is 4.79 Å². The van der Waals surface area contributed by atoms with Crippen molar-refractivity contribution in [2.24, 2.45) is 0 Å². The normalized spacial score (nSPS) is 17.2. The molecule has 1 aromatic carbocycles. The number of urea groups is 1. The Bertz CT molecular complexity index is 988. The van der Waals surface area contributed by atoms with E-state index < -0.39 is 0 Å². The Hall–Kier alpha value is -2.83. The van der Waals surface area contributed by atoms with Crippen molar-refractivity contribution in [2.75, 3.05) is 19.6 Å². The van der Waals surface area contributed by atoms with Crippen molar-refractivity contribution in [1.82, 2.24) is 29.7 Å². The number of nitrogens with zero attached hydrogens (tertiary/aromatic N) is 4. The molecule has 1 saturated heterocycles. The number of benzene rings is 1. The Balaban J connectivity index is 1.36. The molecule has 28 heavy (non-hydrogen) atoms. The number of likely N-dealkylation sites (tertiary alicyclic amines) is 1. The Morgan fingerprint density at radius 1 is 1.32 bits per heavy atom. The minimum absolute atomic E-state index is 0.00600. The lowest BCUT2D eigenvalue weighted by Gasteiger charge is -2.31. The molecule has 0 saturated carbocycles. The highest BCUT2D eigenvalue weighted by Crippen LogP contribution is 2.27. The SMILES string of the molecule is Cc1ncn(CCNC(=O)N2CCCC(c3nc4c(C)cccc4[nH]3)C2)c1C. The summed E-state index contributed by atoms with van der Waals surface area (Å²) < 4.78 is 2.07. The van der Waals surface area contributed by atoms with Crippen LogP contribution in [0.15, 0.2) is 24.5 Å². The summed E-state index contributed by atoms with van der Waals surface area (Å²) in [5, 5.41) is 3.05. The van der Waals surface area contributed by atoms with Crippen molar-refractivity contribution in [3.63, 3.8) is 0 Å². The highest BCUT2D eigenvalue weighted by atomic mass is 16.2. The van der Waals surface area contributed by atoms with E-state index in [4.69, 9.17) is 4.98 Å². The fourth-order valence-electron chi connectivity index (χ4n) is 3.94. The van der Waals surface area contributed by atoms with Gasteiger partial charge in [0.2, 0.25) is 0 Å². The third-order valence-electron chi connectivity index (χ3n) is 5.80. The van der Waals surface area contributed by atoms with Gasteiger partial charge in [-0.3, -0.25) is 0 Å². The first kappa shape index (κ1) is 18.5. The van der Waals surface area contributed by atoms with Crippen LogP contribution in [0.3, 0.4) is 0 Å². The number of hydrogen-bond acceptors (Lipinski definition) is 3. The number of fused-ring (bicyclic) bond motifs is 1. The number of carbonyl (C=O) groups excluding carboxylic acids is 1. The molecular weight excluding hydrogens is 352 g/mol. The first-order chi connectivity index (χ1) is 13.5. The number of nitrogens with one attached hydrogen (secondary N) is 2. The summed E-state index contributed by atoms with van der Waals surface area (Å²) in [5.74, 6) is 1.25. The molecule has 1 atom stereocenters. The number of carbonyl (C=O) groups is 1. The first-order valence-electron chi connectivity index (χ1n) is 9.99. The highest BCUT2D eigenvalue weighted by molar-refractivity contribution is 5.78. The van der Waals surface area contributed by atoms with Gasteiger partial charge < -0.3 is 19.8 Å². The average Bonchev–Trinajstić information content (AvgIpc) is 3.28. The molecule has 3 heterocycles. The van der Waals surface area contributed by atoms with Gasteiger partial charge in [0, 0.05) is 37.8 Å². The lowest BCUT2D eigenvalue weighted by molar-refractivity contribution is 0.178. The van der Waals surface area contributed by atoms with Crippen LogP contribution < -0.4 is 5.32 Å². The number of hydrogen-bond donors (Lipinski definition) is 2. The van der Waals surface area contributed by atoms with Gasteiger partial charge in [0.1, 0.15) is 5.82 Å². The molecule has 7 nitrogen and oxygen atoms in total. The molecule has 1 unspecified atom stereocenters. The number of rotatable bonds is 4. The quantitative estimate of drug-likeness (QED) is 0.729. The number of H-pyrrole nitrogens is 1. The summed E-state index contributed by atoms with van der Waals surface area (Å²) in [6.45, 7) is 8.96. The number of aromatic amines is 1. The smallest absolute Gasteiger partial charge is 0.317 e. The maximum Gasteiger partial charge on any atom is 0.317 e. The predicted octanol–water partition coefficient (Wildman–Crippen LogP) is 3.27. The minimum atomic E-state index is 0.00600. The van der Waals surface area contributed by atoms with Gasteiger partial charge >= 0.3 is 6.03 Å². The topological polar surface area (TPSA) is 78.8 Å². The second-order valence-corrected chi connectivity index (χ2v) is 7.72. The molecule has 1 aliphatic heterocycles. The lowest BCUT2D eigenvalue weighted by atomic mass is 9.97. The molecule has 2 N–H and O–H groups in total. The van der Waals surface area contributed by atoms with E-state index in [1.54, 1.807) is 0 Å². The van der Waals surface area contributed by atoms with Gasteiger partial charge in [0.15, 0.2) is 0 Å². The van der Waals surface area contributed by atoms with Crippen molar-refractivity contribution in [3.05, 3.63) is 47.3 Å². The minimum Gasteiger partial charge on any atom is -0.342 e. The van der Waals surface area contributed by atoms with Crippen molar-refractivity contribution in [1.29, 1.82) is 0 Å². The molecule has 0 aliphatic carbocycles. The van der Waals surface area contributed by atoms with E-state index in [1.807, 2.05) is 24.2 Å². The summed E-state index contributed by atoms with van der Waals surface area (Å²) in [6.07, 6.45) is 3.88. The monoisotopic (exact) mass is 380 g/mol. The number of para-hydroxylation sites is 1. The number of amides is 2. The Morgan fingerprint density at radius 2 is 2.18 bits per heavy atom. The van der Waals surface area contributed by atoms with Gasteiger partial charge in [0.25, 0.3) is 0 Å². The third kappa shape index (κ3) is 3.61. The second kappa shape index (κ2) is 7.66. The van der Waals surface area contributed by atoms with Gasteiger partial charge in [-0.25, -0.2) is 14.8 Å². The second-order valence-electron chi connectivity index (χ2n) is 7.72. The highest BCUT2D eigenvalue weighted by Gasteiger charge is 2.26. The summed E-state index contributed by atoms with van der Waals surface area (Å²) in [4.78, 5) is 27.1. The van der Waals surface area contributed by atoms with E-state index in [-0.39, 0.29) is 11.9 Å². The van der Waals surface area contributed by atoms with Gasteiger partial charge in [-0.1, -0.05) is 12.1 Å². The maximum absolute atomic E-state index is 12.6. The van der Waals surface area contributed by atoms with Crippen LogP contribution in [0.4, 0.5) is 4.79 Å². The predicted molar refractivity (Wildman–Crippen MR) is 109 cm³/mol. The number of piperidine rings is 1. The van der Waals surface area contributed by atoms with Gasteiger partial charge in [-0.2, -0.15) is 0 Å². The molecule has 2 aromatic heterocycles. The van der Waals surface area contributed by atoms with E-state index in [0.717, 1.165) is 54.2 Å². The van der Waals surface area contributed by atoms with E-state index in [9.17, 15) is 4.79 Å². The molecule has 3 aromatic rings. The zero-order chi connectivity index (χ0) is 19.7. The zero-order valence-electron chi connectivity index (χ0n) is 16.8. The van der Waals surface area contributed by atoms with Crippen LogP contribution >= 0.6 is 0 Å². The Morgan fingerprint density at radius 3 is 2.93 bits per heavy atom. The van der Waals surface area contributed by atoms with E-state index >= 15 is 0 Å². The van der Waals surface area contributed by atoms with E-state index in [1.165, 1.54) is 5.56 Å².